The normalized spacial score (nSPS) is 10.6. The van der Waals surface area contributed by atoms with E-state index in [1.165, 1.54) is 24.3 Å². The first-order valence-corrected chi connectivity index (χ1v) is 7.57. The molecule has 3 rings (SSSR count). The van der Waals surface area contributed by atoms with Crippen molar-refractivity contribution in [2.75, 3.05) is 10.6 Å². The van der Waals surface area contributed by atoms with Gasteiger partial charge >= 0.3 is 0 Å². The van der Waals surface area contributed by atoms with Gasteiger partial charge in [-0.3, -0.25) is 0 Å². The van der Waals surface area contributed by atoms with E-state index in [9.17, 15) is 20.4 Å². The number of anilines is 4. The first-order valence-electron chi connectivity index (χ1n) is 7.57. The Hall–Kier alpha value is -3.54. The van der Waals surface area contributed by atoms with E-state index < -0.39 is 0 Å². The molecule has 0 saturated carbocycles. The van der Waals surface area contributed by atoms with Crippen LogP contribution >= 0.6 is 0 Å². The number of nitrogens with two attached hydrogens (primary N) is 1. The lowest BCUT2D eigenvalue weighted by atomic mass is 10.1. The molecule has 3 aromatic rings. The van der Waals surface area contributed by atoms with Crippen LogP contribution in [0.25, 0.3) is 0 Å². The Labute approximate surface area is 144 Å². The van der Waals surface area contributed by atoms with Crippen LogP contribution in [0.15, 0.2) is 54.6 Å². The third-order valence-corrected chi connectivity index (χ3v) is 3.91. The summed E-state index contributed by atoms with van der Waals surface area (Å²) in [4.78, 5) is 1.73. The third kappa shape index (κ3) is 2.97. The molecule has 6 N–H and O–H groups in total. The minimum absolute atomic E-state index is 0.226. The van der Waals surface area contributed by atoms with Crippen molar-refractivity contribution in [3.63, 3.8) is 0 Å². The quantitative estimate of drug-likeness (QED) is 0.282. The Kier molecular flexibility index (Phi) is 4.02. The van der Waals surface area contributed by atoms with E-state index in [0.717, 1.165) is 5.69 Å². The minimum atomic E-state index is -0.320. The van der Waals surface area contributed by atoms with Crippen LogP contribution in [0.5, 0.6) is 23.0 Å². The van der Waals surface area contributed by atoms with Crippen LogP contribution in [-0.2, 0) is 0 Å². The molecule has 0 aromatic heterocycles. The number of aryl methyl sites for hydroxylation is 1. The number of benzene rings is 3. The molecule has 0 amide bonds. The van der Waals surface area contributed by atoms with Gasteiger partial charge in [0.05, 0.1) is 17.1 Å². The van der Waals surface area contributed by atoms with Gasteiger partial charge in [0, 0.05) is 23.9 Å². The second-order valence-corrected chi connectivity index (χ2v) is 5.70. The molecule has 0 spiro atoms. The number of nitrogens with zero attached hydrogens (tertiary/aromatic N) is 1. The number of nitrogen functional groups attached to an aromatic ring is 1. The number of phenolic OH excluding ortho intramolecular Hbond substituents is 4. The molecule has 128 valence electrons. The zero-order chi connectivity index (χ0) is 18.1. The summed E-state index contributed by atoms with van der Waals surface area (Å²) >= 11 is 0. The van der Waals surface area contributed by atoms with Gasteiger partial charge in [0.2, 0.25) is 0 Å². The van der Waals surface area contributed by atoms with Crippen molar-refractivity contribution in [1.29, 1.82) is 0 Å². The van der Waals surface area contributed by atoms with E-state index in [-0.39, 0.29) is 28.7 Å². The van der Waals surface area contributed by atoms with Crippen LogP contribution in [0.4, 0.5) is 22.7 Å². The summed E-state index contributed by atoms with van der Waals surface area (Å²) in [6, 6.07) is 14.7. The van der Waals surface area contributed by atoms with Crippen LogP contribution < -0.4 is 10.6 Å². The summed E-state index contributed by atoms with van der Waals surface area (Å²) in [5, 5.41) is 39.2. The first-order chi connectivity index (χ1) is 11.9. The predicted octanol–water partition coefficient (Wildman–Crippen LogP) is 3.87. The fourth-order valence-corrected chi connectivity index (χ4v) is 2.67. The Balaban J connectivity index is 2.29. The summed E-state index contributed by atoms with van der Waals surface area (Å²) in [7, 11) is 0. The molecule has 0 saturated heterocycles. The van der Waals surface area contributed by atoms with Gasteiger partial charge < -0.3 is 31.1 Å². The summed E-state index contributed by atoms with van der Waals surface area (Å²) in [6.45, 7) is 1.78. The van der Waals surface area contributed by atoms with Crippen molar-refractivity contribution in [2.45, 2.75) is 6.92 Å². The number of para-hydroxylation sites is 1. The van der Waals surface area contributed by atoms with Crippen molar-refractivity contribution < 1.29 is 20.4 Å². The van der Waals surface area contributed by atoms with E-state index in [1.54, 1.807) is 11.8 Å². The largest absolute Gasteiger partial charge is 0.504 e. The lowest BCUT2D eigenvalue weighted by Gasteiger charge is -2.28. The van der Waals surface area contributed by atoms with Gasteiger partial charge in [-0.25, -0.2) is 0 Å². The lowest BCUT2D eigenvalue weighted by Crippen LogP contribution is -2.13. The molecule has 0 aliphatic carbocycles. The second-order valence-electron chi connectivity index (χ2n) is 5.70. The van der Waals surface area contributed by atoms with Gasteiger partial charge in [0.15, 0.2) is 23.0 Å². The maximum Gasteiger partial charge on any atom is 0.159 e. The van der Waals surface area contributed by atoms with Crippen LogP contribution in [0, 0.1) is 6.92 Å². The Morgan fingerprint density at radius 3 is 1.88 bits per heavy atom. The van der Waals surface area contributed by atoms with E-state index in [4.69, 9.17) is 5.73 Å². The van der Waals surface area contributed by atoms with Crippen molar-refractivity contribution >= 4 is 22.7 Å². The average Bonchev–Trinajstić information content (AvgIpc) is 2.58. The molecular formula is C19H18N2O4. The SMILES string of the molecule is Cc1cc(O)c(O)cc1N(c1ccccc1)c1cc(O)c(O)cc1N. The maximum atomic E-state index is 9.94. The van der Waals surface area contributed by atoms with Gasteiger partial charge in [-0.15, -0.1) is 0 Å². The van der Waals surface area contributed by atoms with Crippen molar-refractivity contribution in [1.82, 2.24) is 0 Å². The van der Waals surface area contributed by atoms with Crippen molar-refractivity contribution in [3.05, 3.63) is 60.2 Å². The Bertz CT molecular complexity index is 869. The topological polar surface area (TPSA) is 110 Å². The molecule has 0 aliphatic rings. The molecule has 0 heterocycles. The molecule has 0 bridgehead atoms. The number of rotatable bonds is 3. The number of hydrogen-bond donors (Lipinski definition) is 5. The van der Waals surface area contributed by atoms with Gasteiger partial charge in [-0.05, 0) is 30.7 Å². The average molecular weight is 338 g/mol. The van der Waals surface area contributed by atoms with E-state index in [2.05, 4.69) is 0 Å². The van der Waals surface area contributed by atoms with E-state index >= 15 is 0 Å². The summed E-state index contributed by atoms with van der Waals surface area (Å²) in [5.74, 6) is -1.13. The zero-order valence-electron chi connectivity index (χ0n) is 13.5. The number of phenols is 4. The standard InChI is InChI=1S/C19H18N2O4/c1-11-7-16(22)18(24)9-14(11)21(12-5-3-2-4-6-12)15-10-19(25)17(23)8-13(15)20/h2-10,22-25H,20H2,1H3. The molecule has 0 unspecified atom stereocenters. The van der Waals surface area contributed by atoms with Crippen LogP contribution in [0.1, 0.15) is 5.56 Å². The molecule has 0 aliphatic heterocycles. The van der Waals surface area contributed by atoms with E-state index in [1.807, 2.05) is 30.3 Å². The number of aromatic hydroxyl groups is 4. The van der Waals surface area contributed by atoms with Crippen molar-refractivity contribution in [2.24, 2.45) is 0 Å². The maximum absolute atomic E-state index is 9.94. The summed E-state index contributed by atoms with van der Waals surface area (Å²) in [6.07, 6.45) is 0. The highest BCUT2D eigenvalue weighted by Crippen LogP contribution is 2.45. The van der Waals surface area contributed by atoms with Gasteiger partial charge in [0.25, 0.3) is 0 Å². The molecule has 3 aromatic carbocycles. The van der Waals surface area contributed by atoms with Gasteiger partial charge in [-0.2, -0.15) is 0 Å². The summed E-state index contributed by atoms with van der Waals surface area (Å²) in [5.41, 5.74) is 8.71. The molecule has 0 atom stereocenters. The Morgan fingerprint density at radius 1 is 0.720 bits per heavy atom. The molecule has 6 heteroatoms. The highest BCUT2D eigenvalue weighted by Gasteiger charge is 2.20. The third-order valence-electron chi connectivity index (χ3n) is 3.91. The molecular weight excluding hydrogens is 320 g/mol. The highest BCUT2D eigenvalue weighted by atomic mass is 16.3. The van der Waals surface area contributed by atoms with Gasteiger partial charge in [0.1, 0.15) is 0 Å². The molecule has 25 heavy (non-hydrogen) atoms. The minimum Gasteiger partial charge on any atom is -0.504 e. The smallest absolute Gasteiger partial charge is 0.159 e. The Morgan fingerprint density at radius 2 is 1.24 bits per heavy atom. The van der Waals surface area contributed by atoms with Gasteiger partial charge in [-0.1, -0.05) is 18.2 Å². The second kappa shape index (κ2) is 6.16. The van der Waals surface area contributed by atoms with E-state index in [0.29, 0.717) is 16.9 Å². The molecule has 0 fully saturated rings. The fourth-order valence-electron chi connectivity index (χ4n) is 2.67. The molecule has 6 nitrogen and oxygen atoms in total. The predicted molar refractivity (Wildman–Crippen MR) is 96.9 cm³/mol. The van der Waals surface area contributed by atoms with Crippen molar-refractivity contribution in [3.8, 4) is 23.0 Å². The van der Waals surface area contributed by atoms with Crippen LogP contribution in [-0.4, -0.2) is 20.4 Å². The monoisotopic (exact) mass is 338 g/mol. The van der Waals surface area contributed by atoms with Crippen LogP contribution in [0.2, 0.25) is 0 Å². The molecule has 0 radical (unpaired) electrons. The number of hydrogen-bond acceptors (Lipinski definition) is 6. The summed E-state index contributed by atoms with van der Waals surface area (Å²) < 4.78 is 0. The van der Waals surface area contributed by atoms with Crippen LogP contribution in [0.3, 0.4) is 0 Å². The highest BCUT2D eigenvalue weighted by molar-refractivity contribution is 5.87. The zero-order valence-corrected chi connectivity index (χ0v) is 13.5. The lowest BCUT2D eigenvalue weighted by molar-refractivity contribution is 0.403. The first kappa shape index (κ1) is 16.3. The fraction of sp³-hybridized carbons (Fsp3) is 0.0526.